The van der Waals surface area contributed by atoms with E-state index in [1.54, 1.807) is 48.5 Å². The van der Waals surface area contributed by atoms with E-state index in [4.69, 9.17) is 0 Å². The van der Waals surface area contributed by atoms with Crippen molar-refractivity contribution in [3.8, 4) is 0 Å². The predicted octanol–water partition coefficient (Wildman–Crippen LogP) is 1.99. The van der Waals surface area contributed by atoms with Gasteiger partial charge in [-0.3, -0.25) is 9.59 Å². The highest BCUT2D eigenvalue weighted by molar-refractivity contribution is 6.41. The quantitative estimate of drug-likeness (QED) is 0.454. The maximum atomic E-state index is 11.7. The monoisotopic (exact) mass is 340 g/mol. The fourth-order valence-electron chi connectivity index (χ4n) is 2.20. The van der Waals surface area contributed by atoms with Gasteiger partial charge in [-0.15, -0.1) is 0 Å². The fourth-order valence-corrected chi connectivity index (χ4v) is 2.20. The molecule has 0 radical (unpaired) electrons. The van der Waals surface area contributed by atoms with Crippen molar-refractivity contribution in [1.82, 2.24) is 0 Å². The average molecular weight is 340 g/mol. The molecular formula is C19H16O6. The molecule has 0 aromatic heterocycles. The molecule has 0 unspecified atom stereocenters. The van der Waals surface area contributed by atoms with E-state index in [1.165, 1.54) is 0 Å². The van der Waals surface area contributed by atoms with Gasteiger partial charge in [0.1, 0.15) is 0 Å². The Bertz CT molecular complexity index is 733. The van der Waals surface area contributed by atoms with Crippen LogP contribution in [0.5, 0.6) is 0 Å². The van der Waals surface area contributed by atoms with Crippen LogP contribution in [0.2, 0.25) is 0 Å². The van der Waals surface area contributed by atoms with Crippen molar-refractivity contribution in [3.63, 3.8) is 0 Å². The molecule has 0 saturated carbocycles. The summed E-state index contributed by atoms with van der Waals surface area (Å²) in [6, 6.07) is 13.2. The van der Waals surface area contributed by atoms with E-state index in [-0.39, 0.29) is 11.1 Å². The zero-order chi connectivity index (χ0) is 18.4. The van der Waals surface area contributed by atoms with E-state index >= 15 is 0 Å². The summed E-state index contributed by atoms with van der Waals surface area (Å²) in [4.78, 5) is 45.8. The molecule has 2 rings (SSSR count). The highest BCUT2D eigenvalue weighted by Crippen LogP contribution is 2.13. The number of hydrogen-bond acceptors (Lipinski definition) is 6. The summed E-state index contributed by atoms with van der Waals surface area (Å²) in [6.45, 7) is 0. The predicted molar refractivity (Wildman–Crippen MR) is 88.4 cm³/mol. The topological polar surface area (TPSA) is 86.7 Å². The van der Waals surface area contributed by atoms with Gasteiger partial charge in [0.15, 0.2) is 0 Å². The maximum absolute atomic E-state index is 11.7. The normalized spacial score (nSPS) is 10.0. The van der Waals surface area contributed by atoms with Gasteiger partial charge in [-0.05, 0) is 17.5 Å². The SMILES string of the molecule is COC(=O)C(=O)c1ccc(Cc2ccc(C(=O)C(=O)OC)cc2)cc1. The highest BCUT2D eigenvalue weighted by Gasteiger charge is 2.17. The van der Waals surface area contributed by atoms with E-state index in [9.17, 15) is 19.2 Å². The molecule has 0 atom stereocenters. The van der Waals surface area contributed by atoms with E-state index in [0.29, 0.717) is 6.42 Å². The fraction of sp³-hybridized carbons (Fsp3) is 0.158. The Labute approximate surface area is 144 Å². The molecule has 0 aliphatic carbocycles. The number of carbonyl (C=O) groups is 4. The number of benzene rings is 2. The van der Waals surface area contributed by atoms with E-state index < -0.39 is 23.5 Å². The van der Waals surface area contributed by atoms with Crippen LogP contribution in [-0.2, 0) is 25.5 Å². The van der Waals surface area contributed by atoms with E-state index in [0.717, 1.165) is 25.3 Å². The molecule has 0 spiro atoms. The Hall–Kier alpha value is -3.28. The molecular weight excluding hydrogens is 324 g/mol. The number of hydrogen-bond donors (Lipinski definition) is 0. The lowest BCUT2D eigenvalue weighted by atomic mass is 10.0. The number of ketones is 2. The van der Waals surface area contributed by atoms with Crippen LogP contribution in [0.15, 0.2) is 48.5 Å². The van der Waals surface area contributed by atoms with Crippen LogP contribution in [0.25, 0.3) is 0 Å². The maximum Gasteiger partial charge on any atom is 0.379 e. The van der Waals surface area contributed by atoms with E-state index in [1.807, 2.05) is 0 Å². The summed E-state index contributed by atoms with van der Waals surface area (Å²) in [6.07, 6.45) is 0.569. The molecule has 0 N–H and O–H groups in total. The van der Waals surface area contributed by atoms with Crippen molar-refractivity contribution >= 4 is 23.5 Å². The van der Waals surface area contributed by atoms with Crippen LogP contribution in [-0.4, -0.2) is 37.7 Å². The summed E-state index contributed by atoms with van der Waals surface area (Å²) in [5, 5.41) is 0. The Morgan fingerprint density at radius 1 is 0.640 bits per heavy atom. The van der Waals surface area contributed by atoms with E-state index in [2.05, 4.69) is 9.47 Å². The minimum Gasteiger partial charge on any atom is -0.463 e. The lowest BCUT2D eigenvalue weighted by molar-refractivity contribution is -0.135. The number of rotatable bonds is 6. The molecule has 25 heavy (non-hydrogen) atoms. The first-order chi connectivity index (χ1) is 12.0. The Morgan fingerprint density at radius 2 is 0.960 bits per heavy atom. The standard InChI is InChI=1S/C19H16O6/c1-24-18(22)16(20)14-7-3-12(4-8-14)11-13-5-9-15(10-6-13)17(21)19(23)25-2/h3-10H,11H2,1-2H3. The van der Waals surface area contributed by atoms with Gasteiger partial charge in [-0.2, -0.15) is 0 Å². The molecule has 2 aromatic carbocycles. The lowest BCUT2D eigenvalue weighted by Crippen LogP contribution is -2.15. The molecule has 6 nitrogen and oxygen atoms in total. The smallest absolute Gasteiger partial charge is 0.379 e. The first kappa shape index (κ1) is 18.1. The summed E-state index contributed by atoms with van der Waals surface area (Å²) in [7, 11) is 2.31. The lowest BCUT2D eigenvalue weighted by Gasteiger charge is -2.05. The number of ether oxygens (including phenoxy) is 2. The summed E-state index contributed by atoms with van der Waals surface area (Å²) < 4.78 is 8.80. The van der Waals surface area contributed by atoms with Gasteiger partial charge < -0.3 is 9.47 Å². The molecule has 0 saturated heterocycles. The van der Waals surface area contributed by atoms with Crippen LogP contribution in [0.1, 0.15) is 31.8 Å². The molecule has 0 amide bonds. The van der Waals surface area contributed by atoms with Crippen LogP contribution < -0.4 is 0 Å². The van der Waals surface area contributed by atoms with Crippen LogP contribution in [0.4, 0.5) is 0 Å². The van der Waals surface area contributed by atoms with Crippen molar-refractivity contribution in [2.75, 3.05) is 14.2 Å². The number of methoxy groups -OCH3 is 2. The molecule has 128 valence electrons. The van der Waals surface area contributed by atoms with Crippen molar-refractivity contribution in [2.45, 2.75) is 6.42 Å². The molecule has 0 aliphatic rings. The summed E-state index contributed by atoms with van der Waals surface area (Å²) in [5.74, 6) is -3.20. The Kier molecular flexibility index (Phi) is 5.79. The third-order valence-corrected chi connectivity index (χ3v) is 3.58. The van der Waals surface area contributed by atoms with Crippen molar-refractivity contribution in [1.29, 1.82) is 0 Å². The van der Waals surface area contributed by atoms with Gasteiger partial charge in [-0.25, -0.2) is 9.59 Å². The van der Waals surface area contributed by atoms with Crippen molar-refractivity contribution in [3.05, 3.63) is 70.8 Å². The third kappa shape index (κ3) is 4.38. The number of esters is 2. The molecule has 6 heteroatoms. The number of Topliss-reactive ketones (excluding diaryl/α,β-unsaturated/α-hetero) is 2. The first-order valence-corrected chi connectivity index (χ1v) is 7.39. The van der Waals surface area contributed by atoms with Crippen molar-refractivity contribution < 1.29 is 28.7 Å². The summed E-state index contributed by atoms with van der Waals surface area (Å²) >= 11 is 0. The zero-order valence-electron chi connectivity index (χ0n) is 13.8. The van der Waals surface area contributed by atoms with Crippen molar-refractivity contribution in [2.24, 2.45) is 0 Å². The first-order valence-electron chi connectivity index (χ1n) is 7.39. The van der Waals surface area contributed by atoms with Crippen LogP contribution >= 0.6 is 0 Å². The summed E-state index contributed by atoms with van der Waals surface area (Å²) in [5.41, 5.74) is 2.37. The van der Waals surface area contributed by atoms with Gasteiger partial charge in [0, 0.05) is 11.1 Å². The molecule has 0 aliphatic heterocycles. The molecule has 0 fully saturated rings. The minimum atomic E-state index is -0.904. The third-order valence-electron chi connectivity index (χ3n) is 3.58. The highest BCUT2D eigenvalue weighted by atomic mass is 16.5. The van der Waals surface area contributed by atoms with Gasteiger partial charge in [0.25, 0.3) is 11.6 Å². The van der Waals surface area contributed by atoms with Gasteiger partial charge in [0.05, 0.1) is 14.2 Å². The Morgan fingerprint density at radius 3 is 1.24 bits per heavy atom. The average Bonchev–Trinajstić information content (AvgIpc) is 2.66. The molecule has 0 bridgehead atoms. The number of carbonyl (C=O) groups excluding carboxylic acids is 4. The zero-order valence-corrected chi connectivity index (χ0v) is 13.8. The van der Waals surface area contributed by atoms with Gasteiger partial charge in [-0.1, -0.05) is 48.5 Å². The minimum absolute atomic E-state index is 0.259. The van der Waals surface area contributed by atoms with Crippen LogP contribution in [0, 0.1) is 0 Å². The largest absolute Gasteiger partial charge is 0.463 e. The van der Waals surface area contributed by atoms with Crippen LogP contribution in [0.3, 0.4) is 0 Å². The van der Waals surface area contributed by atoms with Gasteiger partial charge in [0.2, 0.25) is 0 Å². The van der Waals surface area contributed by atoms with Gasteiger partial charge >= 0.3 is 11.9 Å². The molecule has 2 aromatic rings. The second-order valence-corrected chi connectivity index (χ2v) is 5.21. The second-order valence-electron chi connectivity index (χ2n) is 5.21. The molecule has 0 heterocycles. The second kappa shape index (κ2) is 8.01. The Balaban J connectivity index is 2.07.